The summed E-state index contributed by atoms with van der Waals surface area (Å²) in [4.78, 5) is 23.6. The fraction of sp³-hybridized carbons (Fsp3) is 0.417. The Balaban J connectivity index is 2.21. The third kappa shape index (κ3) is 2.27. The topological polar surface area (TPSA) is 83.7 Å². The highest BCUT2D eigenvalue weighted by atomic mass is 16.6. The first-order valence-electron chi connectivity index (χ1n) is 5.75. The number of hydrogen-bond donors (Lipinski definition) is 1. The second-order valence-electron chi connectivity index (χ2n) is 4.61. The van der Waals surface area contributed by atoms with Gasteiger partial charge in [0.2, 0.25) is 0 Å². The first-order chi connectivity index (χ1) is 8.49. The number of benzene rings is 1. The maximum absolute atomic E-state index is 12.1. The van der Waals surface area contributed by atoms with Crippen LogP contribution in [0.1, 0.15) is 23.7 Å². The Kier molecular flexibility index (Phi) is 3.18. The number of nitro benzene ring substituents is 1. The normalized spacial score (nSPS) is 18.9. The highest BCUT2D eigenvalue weighted by molar-refractivity contribution is 5.95. The Morgan fingerprint density at radius 2 is 2.28 bits per heavy atom. The van der Waals surface area contributed by atoms with Crippen LogP contribution < -0.4 is 0 Å². The van der Waals surface area contributed by atoms with Crippen LogP contribution in [0.5, 0.6) is 5.75 Å². The molecule has 1 aliphatic heterocycles. The fourth-order valence-corrected chi connectivity index (χ4v) is 2.11. The summed E-state index contributed by atoms with van der Waals surface area (Å²) in [6.07, 6.45) is 0.963. The molecule has 0 saturated carbocycles. The molecule has 1 saturated heterocycles. The molecule has 96 valence electrons. The molecule has 1 N–H and O–H groups in total. The zero-order valence-corrected chi connectivity index (χ0v) is 10.00. The molecule has 1 atom stereocenters. The van der Waals surface area contributed by atoms with Gasteiger partial charge in [-0.15, -0.1) is 0 Å². The van der Waals surface area contributed by atoms with E-state index < -0.39 is 10.7 Å². The van der Waals surface area contributed by atoms with E-state index in [0.717, 1.165) is 18.6 Å². The van der Waals surface area contributed by atoms with Gasteiger partial charge in [0.05, 0.1) is 4.92 Å². The van der Waals surface area contributed by atoms with Crippen molar-refractivity contribution in [1.29, 1.82) is 0 Å². The molecule has 1 aromatic rings. The maximum Gasteiger partial charge on any atom is 0.310 e. The molecule has 1 unspecified atom stereocenters. The van der Waals surface area contributed by atoms with E-state index in [0.29, 0.717) is 19.0 Å². The predicted octanol–water partition coefficient (Wildman–Crippen LogP) is 1.78. The highest BCUT2D eigenvalue weighted by Gasteiger charge is 2.25. The van der Waals surface area contributed by atoms with Crippen LogP contribution in [0.2, 0.25) is 0 Å². The molecule has 1 heterocycles. The minimum atomic E-state index is -0.679. The van der Waals surface area contributed by atoms with Gasteiger partial charge in [-0.05, 0) is 24.5 Å². The zero-order chi connectivity index (χ0) is 13.3. The van der Waals surface area contributed by atoms with Crippen molar-refractivity contribution in [2.24, 2.45) is 5.92 Å². The molecule has 1 aliphatic rings. The summed E-state index contributed by atoms with van der Waals surface area (Å²) in [6.45, 7) is 3.45. The van der Waals surface area contributed by atoms with Gasteiger partial charge in [0.15, 0.2) is 5.75 Å². The lowest BCUT2D eigenvalue weighted by molar-refractivity contribution is -0.385. The molecule has 1 aromatic carbocycles. The molecule has 6 nitrogen and oxygen atoms in total. The summed E-state index contributed by atoms with van der Waals surface area (Å²) in [5.41, 5.74) is -0.103. The second-order valence-corrected chi connectivity index (χ2v) is 4.61. The first-order valence-corrected chi connectivity index (χ1v) is 5.75. The standard InChI is InChI=1S/C12H14N2O4/c1-8-4-5-13(7-8)12(16)9-2-3-10(14(17)18)11(15)6-9/h2-3,6,8,15H,4-5,7H2,1H3. The summed E-state index contributed by atoms with van der Waals surface area (Å²) in [6, 6.07) is 3.69. The van der Waals surface area contributed by atoms with Gasteiger partial charge in [0.25, 0.3) is 5.91 Å². The van der Waals surface area contributed by atoms with Gasteiger partial charge in [-0.3, -0.25) is 14.9 Å². The van der Waals surface area contributed by atoms with Gasteiger partial charge < -0.3 is 10.0 Å². The van der Waals surface area contributed by atoms with E-state index >= 15 is 0 Å². The summed E-state index contributed by atoms with van der Waals surface area (Å²) < 4.78 is 0. The predicted molar refractivity (Wildman–Crippen MR) is 64.4 cm³/mol. The summed E-state index contributed by atoms with van der Waals surface area (Å²) in [5.74, 6) is -0.191. The lowest BCUT2D eigenvalue weighted by atomic mass is 10.1. The van der Waals surface area contributed by atoms with Gasteiger partial charge in [-0.1, -0.05) is 6.92 Å². The van der Waals surface area contributed by atoms with Crippen molar-refractivity contribution in [3.8, 4) is 5.75 Å². The van der Waals surface area contributed by atoms with Crippen LogP contribution in [-0.4, -0.2) is 33.9 Å². The molecule has 1 fully saturated rings. The molecule has 0 radical (unpaired) electrons. The molecular formula is C12H14N2O4. The van der Waals surface area contributed by atoms with Crippen molar-refractivity contribution in [2.45, 2.75) is 13.3 Å². The number of hydrogen-bond acceptors (Lipinski definition) is 4. The van der Waals surface area contributed by atoms with Gasteiger partial charge >= 0.3 is 5.69 Å². The van der Waals surface area contributed by atoms with E-state index in [2.05, 4.69) is 6.92 Å². The Hall–Kier alpha value is -2.11. The summed E-state index contributed by atoms with van der Waals surface area (Å²) in [5, 5.41) is 20.0. The second kappa shape index (κ2) is 4.64. The van der Waals surface area contributed by atoms with E-state index in [9.17, 15) is 20.0 Å². The monoisotopic (exact) mass is 250 g/mol. The molecule has 18 heavy (non-hydrogen) atoms. The van der Waals surface area contributed by atoms with Crippen LogP contribution in [0, 0.1) is 16.0 Å². The Labute approximate surface area is 104 Å². The molecule has 0 spiro atoms. The number of likely N-dealkylation sites (tertiary alicyclic amines) is 1. The largest absolute Gasteiger partial charge is 0.502 e. The number of carbonyl (C=O) groups excluding carboxylic acids is 1. The Morgan fingerprint density at radius 1 is 1.56 bits per heavy atom. The third-order valence-electron chi connectivity index (χ3n) is 3.13. The molecule has 6 heteroatoms. The van der Waals surface area contributed by atoms with Crippen LogP contribution in [0.4, 0.5) is 5.69 Å². The van der Waals surface area contributed by atoms with Crippen molar-refractivity contribution >= 4 is 11.6 Å². The third-order valence-corrected chi connectivity index (χ3v) is 3.13. The molecule has 0 aliphatic carbocycles. The maximum atomic E-state index is 12.1. The number of phenolic OH excluding ortho intramolecular Hbond substituents is 1. The molecular weight excluding hydrogens is 236 g/mol. The van der Waals surface area contributed by atoms with E-state index in [4.69, 9.17) is 0 Å². The fourth-order valence-electron chi connectivity index (χ4n) is 2.11. The smallest absolute Gasteiger partial charge is 0.310 e. The number of aromatic hydroxyl groups is 1. The lowest BCUT2D eigenvalue weighted by Crippen LogP contribution is -2.28. The van der Waals surface area contributed by atoms with E-state index in [1.54, 1.807) is 4.90 Å². The molecule has 0 aromatic heterocycles. The van der Waals surface area contributed by atoms with Crippen molar-refractivity contribution in [1.82, 2.24) is 4.90 Å². The molecule has 2 rings (SSSR count). The van der Waals surface area contributed by atoms with E-state index in [1.165, 1.54) is 6.07 Å². The zero-order valence-electron chi connectivity index (χ0n) is 10.00. The first kappa shape index (κ1) is 12.3. The average molecular weight is 250 g/mol. The number of nitro groups is 1. The van der Waals surface area contributed by atoms with Crippen molar-refractivity contribution < 1.29 is 14.8 Å². The number of rotatable bonds is 2. The summed E-state index contributed by atoms with van der Waals surface area (Å²) in [7, 11) is 0. The van der Waals surface area contributed by atoms with Crippen LogP contribution in [0.3, 0.4) is 0 Å². The van der Waals surface area contributed by atoms with Crippen LogP contribution in [0.15, 0.2) is 18.2 Å². The van der Waals surface area contributed by atoms with Gasteiger partial charge in [0.1, 0.15) is 0 Å². The van der Waals surface area contributed by atoms with Crippen LogP contribution in [-0.2, 0) is 0 Å². The number of nitrogens with zero attached hydrogens (tertiary/aromatic N) is 2. The van der Waals surface area contributed by atoms with Gasteiger partial charge in [-0.2, -0.15) is 0 Å². The molecule has 0 bridgehead atoms. The molecule has 1 amide bonds. The Bertz CT molecular complexity index is 501. The number of phenols is 1. The van der Waals surface area contributed by atoms with E-state index in [1.807, 2.05) is 0 Å². The highest BCUT2D eigenvalue weighted by Crippen LogP contribution is 2.27. The average Bonchev–Trinajstić information content (AvgIpc) is 2.74. The SMILES string of the molecule is CC1CCN(C(=O)c2ccc([N+](=O)[O-])c(O)c2)C1. The Morgan fingerprint density at radius 3 is 2.78 bits per heavy atom. The minimum Gasteiger partial charge on any atom is -0.502 e. The van der Waals surface area contributed by atoms with Crippen LogP contribution >= 0.6 is 0 Å². The van der Waals surface area contributed by atoms with Crippen molar-refractivity contribution in [2.75, 3.05) is 13.1 Å². The lowest BCUT2D eigenvalue weighted by Gasteiger charge is -2.15. The minimum absolute atomic E-state index is 0.190. The van der Waals surface area contributed by atoms with Gasteiger partial charge in [0, 0.05) is 24.7 Å². The summed E-state index contributed by atoms with van der Waals surface area (Å²) >= 11 is 0. The quantitative estimate of drug-likeness (QED) is 0.640. The van der Waals surface area contributed by atoms with Crippen molar-refractivity contribution in [3.05, 3.63) is 33.9 Å². The van der Waals surface area contributed by atoms with Crippen molar-refractivity contribution in [3.63, 3.8) is 0 Å². The number of amides is 1. The van der Waals surface area contributed by atoms with E-state index in [-0.39, 0.29) is 17.2 Å². The van der Waals surface area contributed by atoms with Gasteiger partial charge in [-0.25, -0.2) is 0 Å². The van der Waals surface area contributed by atoms with Crippen LogP contribution in [0.25, 0.3) is 0 Å². The number of carbonyl (C=O) groups is 1.